The first-order valence-electron chi connectivity index (χ1n) is 3.58. The summed E-state index contributed by atoms with van der Waals surface area (Å²) < 4.78 is 5.29. The monoisotopic (exact) mass is 129 g/mol. The van der Waals surface area contributed by atoms with Gasteiger partial charge in [0.25, 0.3) is 0 Å². The van der Waals surface area contributed by atoms with E-state index in [0.717, 1.165) is 19.8 Å². The maximum Gasteiger partial charge on any atom is 0.0593 e. The highest BCUT2D eigenvalue weighted by Gasteiger charge is 2.11. The second-order valence-electron chi connectivity index (χ2n) is 2.73. The van der Waals surface area contributed by atoms with Crippen LogP contribution in [0.3, 0.4) is 0 Å². The second-order valence-corrected chi connectivity index (χ2v) is 2.73. The van der Waals surface area contributed by atoms with Crippen molar-refractivity contribution in [3.63, 3.8) is 0 Å². The van der Waals surface area contributed by atoms with Crippen molar-refractivity contribution in [1.82, 2.24) is 4.90 Å². The molecule has 0 aromatic rings. The van der Waals surface area contributed by atoms with Gasteiger partial charge >= 0.3 is 0 Å². The van der Waals surface area contributed by atoms with Crippen LogP contribution >= 0.6 is 0 Å². The smallest absolute Gasteiger partial charge is 0.0593 e. The number of ether oxygens (including phenoxy) is 1. The van der Waals surface area contributed by atoms with Gasteiger partial charge in [-0.25, -0.2) is 0 Å². The maximum absolute atomic E-state index is 5.29. The molecule has 1 heterocycles. The highest BCUT2D eigenvalue weighted by molar-refractivity contribution is 4.65. The van der Waals surface area contributed by atoms with Crippen LogP contribution in [0.5, 0.6) is 0 Å². The zero-order valence-corrected chi connectivity index (χ0v) is 6.26. The third-order valence-corrected chi connectivity index (χ3v) is 2.02. The number of rotatable bonds is 0. The Hall–Kier alpha value is -0.0800. The van der Waals surface area contributed by atoms with Crippen molar-refractivity contribution in [2.45, 2.75) is 19.4 Å². The molecular formula is C7H15NO. The SMILES string of the molecule is CC1CCOCCN1C. The summed E-state index contributed by atoms with van der Waals surface area (Å²) in [7, 11) is 2.15. The Balaban J connectivity index is 2.32. The minimum atomic E-state index is 0.701. The summed E-state index contributed by atoms with van der Waals surface area (Å²) in [6.07, 6.45) is 1.18. The zero-order valence-electron chi connectivity index (χ0n) is 6.26. The standard InChI is InChI=1S/C7H15NO/c1-7-3-5-9-6-4-8(7)2/h7H,3-6H2,1-2H3. The van der Waals surface area contributed by atoms with Gasteiger partial charge in [0.2, 0.25) is 0 Å². The van der Waals surface area contributed by atoms with E-state index in [1.54, 1.807) is 0 Å². The molecule has 0 aromatic carbocycles. The fraction of sp³-hybridized carbons (Fsp3) is 1.00. The molecule has 0 radical (unpaired) electrons. The molecule has 0 N–H and O–H groups in total. The predicted octanol–water partition coefficient (Wildman–Crippen LogP) is 0.727. The molecule has 0 saturated carbocycles. The summed E-state index contributed by atoms with van der Waals surface area (Å²) in [6, 6.07) is 0.701. The van der Waals surface area contributed by atoms with Crippen molar-refractivity contribution >= 4 is 0 Å². The highest BCUT2D eigenvalue weighted by atomic mass is 16.5. The molecule has 1 atom stereocenters. The van der Waals surface area contributed by atoms with E-state index in [1.807, 2.05) is 0 Å². The molecule has 1 fully saturated rings. The van der Waals surface area contributed by atoms with Gasteiger partial charge in [0, 0.05) is 19.2 Å². The van der Waals surface area contributed by atoms with Gasteiger partial charge in [0.05, 0.1) is 6.61 Å². The first kappa shape index (κ1) is 7.03. The Labute approximate surface area is 56.8 Å². The van der Waals surface area contributed by atoms with Crippen LogP contribution in [-0.4, -0.2) is 37.7 Å². The number of likely N-dealkylation sites (N-methyl/N-ethyl adjacent to an activating group) is 1. The van der Waals surface area contributed by atoms with Crippen molar-refractivity contribution in [1.29, 1.82) is 0 Å². The molecule has 1 aliphatic rings. The van der Waals surface area contributed by atoms with Crippen molar-refractivity contribution in [2.75, 3.05) is 26.8 Å². The molecule has 1 saturated heterocycles. The van der Waals surface area contributed by atoms with E-state index in [1.165, 1.54) is 6.42 Å². The number of hydrogen-bond acceptors (Lipinski definition) is 2. The summed E-state index contributed by atoms with van der Waals surface area (Å²) >= 11 is 0. The zero-order chi connectivity index (χ0) is 6.69. The molecule has 0 spiro atoms. The molecule has 1 aliphatic heterocycles. The largest absolute Gasteiger partial charge is 0.380 e. The Kier molecular flexibility index (Phi) is 2.49. The Morgan fingerprint density at radius 3 is 3.00 bits per heavy atom. The molecule has 54 valence electrons. The van der Waals surface area contributed by atoms with Crippen LogP contribution in [0.25, 0.3) is 0 Å². The van der Waals surface area contributed by atoms with Crippen LogP contribution in [-0.2, 0) is 4.74 Å². The van der Waals surface area contributed by atoms with E-state index in [4.69, 9.17) is 4.74 Å². The second kappa shape index (κ2) is 3.18. The van der Waals surface area contributed by atoms with Crippen LogP contribution in [0, 0.1) is 0 Å². The highest BCUT2D eigenvalue weighted by Crippen LogP contribution is 2.04. The molecule has 2 nitrogen and oxygen atoms in total. The first-order valence-corrected chi connectivity index (χ1v) is 3.58. The molecule has 9 heavy (non-hydrogen) atoms. The molecular weight excluding hydrogens is 114 g/mol. The molecule has 0 amide bonds. The van der Waals surface area contributed by atoms with E-state index >= 15 is 0 Å². The molecule has 1 unspecified atom stereocenters. The fourth-order valence-electron chi connectivity index (χ4n) is 1.01. The van der Waals surface area contributed by atoms with E-state index in [-0.39, 0.29) is 0 Å². The summed E-state index contributed by atoms with van der Waals surface area (Å²) in [5, 5.41) is 0. The number of hydrogen-bond donors (Lipinski definition) is 0. The molecule has 1 rings (SSSR count). The summed E-state index contributed by atoms with van der Waals surface area (Å²) in [6.45, 7) is 5.17. The van der Waals surface area contributed by atoms with Gasteiger partial charge < -0.3 is 9.64 Å². The van der Waals surface area contributed by atoms with Gasteiger partial charge in [0.1, 0.15) is 0 Å². The predicted molar refractivity (Wildman–Crippen MR) is 37.5 cm³/mol. The lowest BCUT2D eigenvalue weighted by Gasteiger charge is -2.19. The molecule has 0 aliphatic carbocycles. The third kappa shape index (κ3) is 1.95. The average molecular weight is 129 g/mol. The van der Waals surface area contributed by atoms with Crippen LogP contribution < -0.4 is 0 Å². The van der Waals surface area contributed by atoms with Crippen molar-refractivity contribution in [3.8, 4) is 0 Å². The molecule has 0 bridgehead atoms. The summed E-state index contributed by atoms with van der Waals surface area (Å²) in [5.41, 5.74) is 0. The van der Waals surface area contributed by atoms with E-state index in [2.05, 4.69) is 18.9 Å². The van der Waals surface area contributed by atoms with Crippen LogP contribution in [0.15, 0.2) is 0 Å². The Bertz CT molecular complexity index is 75.0. The van der Waals surface area contributed by atoms with Crippen molar-refractivity contribution in [2.24, 2.45) is 0 Å². The van der Waals surface area contributed by atoms with Gasteiger partial charge in [0.15, 0.2) is 0 Å². The van der Waals surface area contributed by atoms with Crippen molar-refractivity contribution in [3.05, 3.63) is 0 Å². The maximum atomic E-state index is 5.29. The van der Waals surface area contributed by atoms with Gasteiger partial charge in [-0.2, -0.15) is 0 Å². The summed E-state index contributed by atoms with van der Waals surface area (Å²) in [4.78, 5) is 2.34. The Morgan fingerprint density at radius 2 is 2.22 bits per heavy atom. The molecule has 2 heteroatoms. The van der Waals surface area contributed by atoms with Gasteiger partial charge in [-0.05, 0) is 20.4 Å². The molecule has 0 aromatic heterocycles. The minimum Gasteiger partial charge on any atom is -0.380 e. The lowest BCUT2D eigenvalue weighted by molar-refractivity contribution is 0.144. The quantitative estimate of drug-likeness (QED) is 0.478. The summed E-state index contributed by atoms with van der Waals surface area (Å²) in [5.74, 6) is 0. The lowest BCUT2D eigenvalue weighted by Crippen LogP contribution is -2.29. The van der Waals surface area contributed by atoms with E-state index in [9.17, 15) is 0 Å². The van der Waals surface area contributed by atoms with Crippen molar-refractivity contribution < 1.29 is 4.74 Å². The van der Waals surface area contributed by atoms with Crippen LogP contribution in [0.1, 0.15) is 13.3 Å². The fourth-order valence-corrected chi connectivity index (χ4v) is 1.01. The van der Waals surface area contributed by atoms with E-state index in [0.29, 0.717) is 6.04 Å². The minimum absolute atomic E-state index is 0.701. The first-order chi connectivity index (χ1) is 4.30. The normalized spacial score (nSPS) is 32.0. The lowest BCUT2D eigenvalue weighted by atomic mass is 10.2. The number of nitrogens with zero attached hydrogens (tertiary/aromatic N) is 1. The topological polar surface area (TPSA) is 12.5 Å². The van der Waals surface area contributed by atoms with Crippen LogP contribution in [0.4, 0.5) is 0 Å². The van der Waals surface area contributed by atoms with Crippen LogP contribution in [0.2, 0.25) is 0 Å². The van der Waals surface area contributed by atoms with Gasteiger partial charge in [-0.1, -0.05) is 0 Å². The van der Waals surface area contributed by atoms with Gasteiger partial charge in [-0.3, -0.25) is 0 Å². The third-order valence-electron chi connectivity index (χ3n) is 2.02. The Morgan fingerprint density at radius 1 is 1.44 bits per heavy atom. The van der Waals surface area contributed by atoms with E-state index < -0.39 is 0 Å². The van der Waals surface area contributed by atoms with Gasteiger partial charge in [-0.15, -0.1) is 0 Å². The average Bonchev–Trinajstić information content (AvgIpc) is 1.99.